The summed E-state index contributed by atoms with van der Waals surface area (Å²) in [4.78, 5) is 32.9. The molecule has 0 aliphatic carbocycles. The molecule has 0 saturated carbocycles. The topological polar surface area (TPSA) is 102 Å². The van der Waals surface area contributed by atoms with Gasteiger partial charge in [0.2, 0.25) is 6.79 Å². The van der Waals surface area contributed by atoms with Crippen molar-refractivity contribution in [2.24, 2.45) is 0 Å². The number of nitrogens with one attached hydrogen (secondary N) is 2. The van der Waals surface area contributed by atoms with Gasteiger partial charge in [0.1, 0.15) is 5.69 Å². The van der Waals surface area contributed by atoms with Crippen LogP contribution in [0.5, 0.6) is 11.5 Å². The minimum absolute atomic E-state index is 0.171. The first kappa shape index (κ1) is 18.4. The molecule has 2 aromatic heterocycles. The second-order valence-electron chi connectivity index (χ2n) is 6.34. The first-order valence-corrected chi connectivity index (χ1v) is 8.99. The van der Waals surface area contributed by atoms with Crippen molar-refractivity contribution in [2.75, 3.05) is 6.79 Å². The van der Waals surface area contributed by atoms with E-state index in [-0.39, 0.29) is 24.3 Å². The Bertz CT molecular complexity index is 1040. The first-order valence-electron chi connectivity index (χ1n) is 8.99. The highest BCUT2D eigenvalue weighted by Crippen LogP contribution is 2.32. The summed E-state index contributed by atoms with van der Waals surface area (Å²) >= 11 is 0. The third-order valence-electron chi connectivity index (χ3n) is 4.32. The average Bonchev–Trinajstić information content (AvgIpc) is 3.24. The molecular formula is C21H18N4O4. The van der Waals surface area contributed by atoms with Crippen molar-refractivity contribution >= 4 is 11.8 Å². The lowest BCUT2D eigenvalue weighted by molar-refractivity contribution is 0.0946. The number of amides is 2. The van der Waals surface area contributed by atoms with Crippen LogP contribution >= 0.6 is 0 Å². The number of hydrogen-bond donors (Lipinski definition) is 2. The predicted molar refractivity (Wildman–Crippen MR) is 103 cm³/mol. The number of nitrogens with zero attached hydrogens (tertiary/aromatic N) is 2. The Hall–Kier alpha value is -3.94. The van der Waals surface area contributed by atoms with Gasteiger partial charge >= 0.3 is 0 Å². The molecular weight excluding hydrogens is 372 g/mol. The minimum Gasteiger partial charge on any atom is -0.454 e. The number of pyridine rings is 2. The average molecular weight is 390 g/mol. The van der Waals surface area contributed by atoms with Crippen LogP contribution in [0.15, 0.2) is 61.1 Å². The van der Waals surface area contributed by atoms with Gasteiger partial charge in [-0.3, -0.25) is 19.6 Å². The van der Waals surface area contributed by atoms with Gasteiger partial charge in [0.05, 0.1) is 0 Å². The van der Waals surface area contributed by atoms with E-state index >= 15 is 0 Å². The number of hydrogen-bond acceptors (Lipinski definition) is 6. The summed E-state index contributed by atoms with van der Waals surface area (Å²) in [7, 11) is 0. The van der Waals surface area contributed by atoms with Crippen molar-refractivity contribution in [1.29, 1.82) is 0 Å². The highest BCUT2D eigenvalue weighted by atomic mass is 16.7. The number of carbonyl (C=O) groups is 2. The predicted octanol–water partition coefficient (Wildman–Crippen LogP) is 2.07. The number of aromatic nitrogens is 2. The van der Waals surface area contributed by atoms with Gasteiger partial charge in [-0.25, -0.2) is 0 Å². The molecule has 0 spiro atoms. The summed E-state index contributed by atoms with van der Waals surface area (Å²) in [5.41, 5.74) is 2.28. The van der Waals surface area contributed by atoms with Crippen LogP contribution in [0.4, 0.5) is 0 Å². The van der Waals surface area contributed by atoms with Crippen LogP contribution < -0.4 is 20.1 Å². The maximum Gasteiger partial charge on any atom is 0.270 e. The van der Waals surface area contributed by atoms with Crippen molar-refractivity contribution in [3.8, 4) is 11.5 Å². The molecule has 3 aromatic rings. The van der Waals surface area contributed by atoms with Crippen molar-refractivity contribution < 1.29 is 19.1 Å². The fourth-order valence-corrected chi connectivity index (χ4v) is 2.81. The van der Waals surface area contributed by atoms with E-state index in [1.807, 2.05) is 18.2 Å². The minimum atomic E-state index is -0.362. The third kappa shape index (κ3) is 4.49. The van der Waals surface area contributed by atoms with Crippen LogP contribution in [-0.2, 0) is 13.1 Å². The number of benzene rings is 1. The van der Waals surface area contributed by atoms with E-state index < -0.39 is 0 Å². The Labute approximate surface area is 166 Å². The van der Waals surface area contributed by atoms with Gasteiger partial charge in [0.15, 0.2) is 11.5 Å². The van der Waals surface area contributed by atoms with Gasteiger partial charge in [-0.1, -0.05) is 12.1 Å². The van der Waals surface area contributed by atoms with Crippen LogP contribution in [0.2, 0.25) is 0 Å². The molecule has 3 heterocycles. The molecule has 0 bridgehead atoms. The summed E-state index contributed by atoms with van der Waals surface area (Å²) in [5, 5.41) is 5.59. The second kappa shape index (κ2) is 8.39. The number of rotatable bonds is 6. The van der Waals surface area contributed by atoms with E-state index in [9.17, 15) is 9.59 Å². The Morgan fingerprint density at radius 1 is 0.897 bits per heavy atom. The number of ether oxygens (including phenoxy) is 2. The lowest BCUT2D eigenvalue weighted by Crippen LogP contribution is -2.26. The number of fused-ring (bicyclic) bond motifs is 1. The molecule has 0 saturated heterocycles. The Balaban J connectivity index is 1.36. The van der Waals surface area contributed by atoms with Gasteiger partial charge in [0.25, 0.3) is 11.8 Å². The van der Waals surface area contributed by atoms with Crippen molar-refractivity contribution in [2.45, 2.75) is 13.1 Å². The lowest BCUT2D eigenvalue weighted by atomic mass is 10.1. The van der Waals surface area contributed by atoms with Crippen molar-refractivity contribution in [3.63, 3.8) is 0 Å². The molecule has 8 heteroatoms. The summed E-state index contributed by atoms with van der Waals surface area (Å²) in [6, 6.07) is 12.2. The molecule has 0 atom stereocenters. The standard InChI is InChI=1S/C21H18N4O4/c26-20(24-11-14-3-4-18-19(8-14)29-13-28-18)16-5-7-23-17(9-16)21(27)25-12-15-2-1-6-22-10-15/h1-10H,11-13H2,(H,24,26)(H,25,27). The SMILES string of the molecule is O=C(NCc1ccc2c(c1)OCO2)c1ccnc(C(=O)NCc2cccnc2)c1. The molecule has 0 fully saturated rings. The maximum absolute atomic E-state index is 12.5. The van der Waals surface area contributed by atoms with Crippen molar-refractivity contribution in [1.82, 2.24) is 20.6 Å². The molecule has 4 rings (SSSR count). The monoisotopic (exact) mass is 390 g/mol. The highest BCUT2D eigenvalue weighted by molar-refractivity contribution is 5.98. The van der Waals surface area contributed by atoms with Crippen LogP contribution in [0.3, 0.4) is 0 Å². The Morgan fingerprint density at radius 2 is 1.72 bits per heavy atom. The third-order valence-corrected chi connectivity index (χ3v) is 4.32. The fourth-order valence-electron chi connectivity index (χ4n) is 2.81. The molecule has 1 aliphatic heterocycles. The summed E-state index contributed by atoms with van der Waals surface area (Å²) in [6.45, 7) is 0.850. The maximum atomic E-state index is 12.5. The second-order valence-corrected chi connectivity index (χ2v) is 6.34. The zero-order valence-electron chi connectivity index (χ0n) is 15.4. The van der Waals surface area contributed by atoms with Crippen LogP contribution in [0.1, 0.15) is 32.0 Å². The molecule has 29 heavy (non-hydrogen) atoms. The summed E-state index contributed by atoms with van der Waals surface area (Å²) < 4.78 is 10.6. The molecule has 0 radical (unpaired) electrons. The van der Waals surface area contributed by atoms with E-state index in [1.54, 1.807) is 30.6 Å². The van der Waals surface area contributed by atoms with Gasteiger partial charge in [-0.05, 0) is 41.5 Å². The van der Waals surface area contributed by atoms with E-state index in [0.29, 0.717) is 30.2 Å². The van der Waals surface area contributed by atoms with Crippen molar-refractivity contribution in [3.05, 3.63) is 83.4 Å². The van der Waals surface area contributed by atoms with E-state index in [2.05, 4.69) is 20.6 Å². The molecule has 2 amide bonds. The van der Waals surface area contributed by atoms with Gasteiger partial charge in [-0.2, -0.15) is 0 Å². The smallest absolute Gasteiger partial charge is 0.270 e. The Kier molecular flexibility index (Phi) is 5.33. The fraction of sp³-hybridized carbons (Fsp3) is 0.143. The molecule has 8 nitrogen and oxygen atoms in total. The summed E-state index contributed by atoms with van der Waals surface area (Å²) in [5.74, 6) is 0.690. The molecule has 0 unspecified atom stereocenters. The van der Waals surface area contributed by atoms with Gasteiger partial charge in [0, 0.05) is 37.2 Å². The number of carbonyl (C=O) groups excluding carboxylic acids is 2. The quantitative estimate of drug-likeness (QED) is 0.668. The zero-order valence-corrected chi connectivity index (χ0v) is 15.4. The Morgan fingerprint density at radius 3 is 2.59 bits per heavy atom. The van der Waals surface area contributed by atoms with E-state index in [0.717, 1.165) is 11.1 Å². The van der Waals surface area contributed by atoms with Crippen LogP contribution in [0.25, 0.3) is 0 Å². The molecule has 2 N–H and O–H groups in total. The molecule has 1 aromatic carbocycles. The highest BCUT2D eigenvalue weighted by Gasteiger charge is 2.15. The summed E-state index contributed by atoms with van der Waals surface area (Å²) in [6.07, 6.45) is 4.78. The first-order chi connectivity index (χ1) is 14.2. The molecule has 146 valence electrons. The zero-order chi connectivity index (χ0) is 20.1. The van der Waals surface area contributed by atoms with E-state index in [1.165, 1.54) is 12.3 Å². The van der Waals surface area contributed by atoms with Crippen LogP contribution in [0, 0.1) is 0 Å². The normalized spacial score (nSPS) is 11.7. The molecule has 1 aliphatic rings. The van der Waals surface area contributed by atoms with Gasteiger partial charge in [-0.15, -0.1) is 0 Å². The van der Waals surface area contributed by atoms with Crippen LogP contribution in [-0.4, -0.2) is 28.6 Å². The van der Waals surface area contributed by atoms with Gasteiger partial charge < -0.3 is 20.1 Å². The lowest BCUT2D eigenvalue weighted by Gasteiger charge is -2.08. The largest absolute Gasteiger partial charge is 0.454 e. The van der Waals surface area contributed by atoms with E-state index in [4.69, 9.17) is 9.47 Å².